The SMILES string of the molecule is CC(O)c1noc(-c2cnn3ccccc23)n1. The molecular weight excluding hydrogens is 220 g/mol. The molecule has 0 spiro atoms. The standard InChI is InChI=1S/C11H10N4O2/c1-7(16)10-13-11(17-14-10)8-6-12-15-5-3-2-4-9(8)15/h2-7,16H,1H3. The summed E-state index contributed by atoms with van der Waals surface area (Å²) in [4.78, 5) is 4.12. The lowest BCUT2D eigenvalue weighted by Crippen LogP contribution is -1.92. The summed E-state index contributed by atoms with van der Waals surface area (Å²) >= 11 is 0. The molecule has 3 aromatic heterocycles. The molecule has 86 valence electrons. The van der Waals surface area contributed by atoms with Gasteiger partial charge in [-0.3, -0.25) is 0 Å². The van der Waals surface area contributed by atoms with Gasteiger partial charge in [-0.05, 0) is 19.1 Å². The van der Waals surface area contributed by atoms with Crippen LogP contribution in [0.5, 0.6) is 0 Å². The van der Waals surface area contributed by atoms with Gasteiger partial charge >= 0.3 is 0 Å². The third-order valence-electron chi connectivity index (χ3n) is 2.47. The number of rotatable bonds is 2. The Labute approximate surface area is 96.5 Å². The highest BCUT2D eigenvalue weighted by atomic mass is 16.5. The quantitative estimate of drug-likeness (QED) is 0.720. The first-order chi connectivity index (χ1) is 8.25. The van der Waals surface area contributed by atoms with E-state index in [1.54, 1.807) is 17.6 Å². The van der Waals surface area contributed by atoms with E-state index in [4.69, 9.17) is 4.52 Å². The zero-order valence-electron chi connectivity index (χ0n) is 9.11. The Kier molecular flexibility index (Phi) is 2.15. The lowest BCUT2D eigenvalue weighted by Gasteiger charge is -1.93. The van der Waals surface area contributed by atoms with E-state index in [1.807, 2.05) is 24.4 Å². The van der Waals surface area contributed by atoms with Gasteiger partial charge < -0.3 is 9.63 Å². The molecule has 3 rings (SSSR count). The summed E-state index contributed by atoms with van der Waals surface area (Å²) in [6, 6.07) is 5.71. The maximum absolute atomic E-state index is 9.34. The summed E-state index contributed by atoms with van der Waals surface area (Å²) in [5, 5.41) is 17.2. The minimum Gasteiger partial charge on any atom is -0.385 e. The number of hydrogen-bond donors (Lipinski definition) is 1. The van der Waals surface area contributed by atoms with Gasteiger partial charge in [0.2, 0.25) is 0 Å². The van der Waals surface area contributed by atoms with Crippen LogP contribution < -0.4 is 0 Å². The Morgan fingerprint density at radius 2 is 2.29 bits per heavy atom. The summed E-state index contributed by atoms with van der Waals surface area (Å²) < 4.78 is 6.83. The summed E-state index contributed by atoms with van der Waals surface area (Å²) in [6.07, 6.45) is 2.76. The van der Waals surface area contributed by atoms with Gasteiger partial charge in [-0.2, -0.15) is 10.1 Å². The van der Waals surface area contributed by atoms with Crippen LogP contribution in [-0.4, -0.2) is 24.9 Å². The second-order valence-corrected chi connectivity index (χ2v) is 3.72. The first-order valence-corrected chi connectivity index (χ1v) is 5.20. The van der Waals surface area contributed by atoms with Crippen molar-refractivity contribution in [2.24, 2.45) is 0 Å². The van der Waals surface area contributed by atoms with Gasteiger partial charge in [-0.25, -0.2) is 4.52 Å². The predicted molar refractivity (Wildman–Crippen MR) is 59.1 cm³/mol. The molecule has 0 fully saturated rings. The van der Waals surface area contributed by atoms with Crippen LogP contribution in [0.1, 0.15) is 18.9 Å². The normalized spacial score (nSPS) is 13.1. The molecule has 1 N–H and O–H groups in total. The van der Waals surface area contributed by atoms with Gasteiger partial charge in [0.05, 0.1) is 17.3 Å². The smallest absolute Gasteiger partial charge is 0.261 e. The topological polar surface area (TPSA) is 76.5 Å². The van der Waals surface area contributed by atoms with E-state index in [1.165, 1.54) is 0 Å². The van der Waals surface area contributed by atoms with E-state index < -0.39 is 6.10 Å². The van der Waals surface area contributed by atoms with Crippen molar-refractivity contribution in [3.05, 3.63) is 36.4 Å². The summed E-state index contributed by atoms with van der Waals surface area (Å²) in [7, 11) is 0. The molecule has 0 saturated carbocycles. The van der Waals surface area contributed by atoms with Crippen LogP contribution in [0, 0.1) is 0 Å². The lowest BCUT2D eigenvalue weighted by atomic mass is 10.2. The third kappa shape index (κ3) is 1.58. The number of hydrogen-bond acceptors (Lipinski definition) is 5. The monoisotopic (exact) mass is 230 g/mol. The lowest BCUT2D eigenvalue weighted by molar-refractivity contribution is 0.184. The summed E-state index contributed by atoms with van der Waals surface area (Å²) in [5.41, 5.74) is 1.64. The first kappa shape index (κ1) is 9.98. The second-order valence-electron chi connectivity index (χ2n) is 3.72. The molecule has 1 unspecified atom stereocenters. The second kappa shape index (κ2) is 3.67. The van der Waals surface area contributed by atoms with Crippen LogP contribution in [0.2, 0.25) is 0 Å². The zero-order chi connectivity index (χ0) is 11.8. The van der Waals surface area contributed by atoms with E-state index in [0.717, 1.165) is 11.1 Å². The molecule has 0 radical (unpaired) electrons. The molecule has 6 nitrogen and oxygen atoms in total. The molecular formula is C11H10N4O2. The molecule has 0 aromatic carbocycles. The maximum Gasteiger partial charge on any atom is 0.261 e. The minimum atomic E-state index is -0.741. The van der Waals surface area contributed by atoms with Crippen molar-refractivity contribution in [1.82, 2.24) is 19.8 Å². The molecule has 0 aliphatic rings. The Hall–Kier alpha value is -2.21. The largest absolute Gasteiger partial charge is 0.385 e. The molecule has 3 heterocycles. The van der Waals surface area contributed by atoms with Gasteiger partial charge in [-0.1, -0.05) is 11.2 Å². The Bertz CT molecular complexity index is 656. The maximum atomic E-state index is 9.34. The van der Waals surface area contributed by atoms with Crippen LogP contribution >= 0.6 is 0 Å². The number of aliphatic hydroxyl groups is 1. The summed E-state index contributed by atoms with van der Waals surface area (Å²) in [5.74, 6) is 0.636. The molecule has 1 atom stereocenters. The first-order valence-electron chi connectivity index (χ1n) is 5.20. The Balaban J connectivity index is 2.14. The molecule has 0 aliphatic heterocycles. The van der Waals surface area contributed by atoms with Crippen molar-refractivity contribution >= 4 is 5.52 Å². The van der Waals surface area contributed by atoms with Gasteiger partial charge in [0.1, 0.15) is 6.10 Å². The van der Waals surface area contributed by atoms with E-state index >= 15 is 0 Å². The van der Waals surface area contributed by atoms with Gasteiger partial charge in [0, 0.05) is 6.20 Å². The average Bonchev–Trinajstić information content (AvgIpc) is 2.95. The highest BCUT2D eigenvalue weighted by Crippen LogP contribution is 2.23. The van der Waals surface area contributed by atoms with Crippen LogP contribution in [0.3, 0.4) is 0 Å². The number of aliphatic hydroxyl groups excluding tert-OH is 1. The van der Waals surface area contributed by atoms with Gasteiger partial charge in [0.15, 0.2) is 5.82 Å². The van der Waals surface area contributed by atoms with Crippen molar-refractivity contribution < 1.29 is 9.63 Å². The third-order valence-corrected chi connectivity index (χ3v) is 2.47. The molecule has 0 saturated heterocycles. The van der Waals surface area contributed by atoms with E-state index in [0.29, 0.717) is 5.89 Å². The summed E-state index contributed by atoms with van der Waals surface area (Å²) in [6.45, 7) is 1.59. The highest BCUT2D eigenvalue weighted by Gasteiger charge is 2.15. The number of aromatic nitrogens is 4. The Morgan fingerprint density at radius 1 is 1.41 bits per heavy atom. The fourth-order valence-electron chi connectivity index (χ4n) is 1.61. The van der Waals surface area contributed by atoms with Crippen molar-refractivity contribution in [3.63, 3.8) is 0 Å². The van der Waals surface area contributed by atoms with Crippen LogP contribution in [0.4, 0.5) is 0 Å². The molecule has 6 heteroatoms. The van der Waals surface area contributed by atoms with Crippen molar-refractivity contribution in [2.45, 2.75) is 13.0 Å². The Morgan fingerprint density at radius 3 is 3.06 bits per heavy atom. The minimum absolute atomic E-state index is 0.273. The number of fused-ring (bicyclic) bond motifs is 1. The fourth-order valence-corrected chi connectivity index (χ4v) is 1.61. The van der Waals surface area contributed by atoms with E-state index in [-0.39, 0.29) is 5.82 Å². The number of nitrogens with zero attached hydrogens (tertiary/aromatic N) is 4. The van der Waals surface area contributed by atoms with Gasteiger partial charge in [0.25, 0.3) is 5.89 Å². The van der Waals surface area contributed by atoms with Crippen LogP contribution in [0.25, 0.3) is 17.0 Å². The zero-order valence-corrected chi connectivity index (χ0v) is 9.11. The van der Waals surface area contributed by atoms with Crippen molar-refractivity contribution in [1.29, 1.82) is 0 Å². The van der Waals surface area contributed by atoms with E-state index in [9.17, 15) is 5.11 Å². The van der Waals surface area contributed by atoms with Crippen molar-refractivity contribution in [3.8, 4) is 11.5 Å². The van der Waals surface area contributed by atoms with Crippen LogP contribution in [-0.2, 0) is 0 Å². The number of pyridine rings is 1. The fraction of sp³-hybridized carbons (Fsp3) is 0.182. The van der Waals surface area contributed by atoms with Crippen molar-refractivity contribution in [2.75, 3.05) is 0 Å². The molecule has 17 heavy (non-hydrogen) atoms. The average molecular weight is 230 g/mol. The predicted octanol–water partition coefficient (Wildman–Crippen LogP) is 1.44. The molecule has 0 aliphatic carbocycles. The molecule has 3 aromatic rings. The van der Waals surface area contributed by atoms with E-state index in [2.05, 4.69) is 15.2 Å². The van der Waals surface area contributed by atoms with Gasteiger partial charge in [-0.15, -0.1) is 0 Å². The highest BCUT2D eigenvalue weighted by molar-refractivity contribution is 5.74. The molecule has 0 bridgehead atoms. The van der Waals surface area contributed by atoms with Crippen LogP contribution in [0.15, 0.2) is 35.1 Å². The molecule has 0 amide bonds.